The van der Waals surface area contributed by atoms with Crippen LogP contribution in [-0.4, -0.2) is 22.6 Å². The Bertz CT molecular complexity index is 427. The molecule has 0 radical (unpaired) electrons. The molecule has 1 N–H and O–H groups in total. The second kappa shape index (κ2) is 4.09. The topological polar surface area (TPSA) is 29.9 Å². The van der Waals surface area contributed by atoms with Crippen LogP contribution in [0.3, 0.4) is 0 Å². The van der Waals surface area contributed by atoms with Gasteiger partial charge in [0.25, 0.3) is 0 Å². The quantitative estimate of drug-likeness (QED) is 0.889. The van der Waals surface area contributed by atoms with E-state index in [9.17, 15) is 0 Å². The van der Waals surface area contributed by atoms with E-state index in [-0.39, 0.29) is 0 Å². The predicted molar refractivity (Wildman–Crippen MR) is 73.6 cm³/mol. The minimum atomic E-state index is 0.320. The molecule has 1 saturated heterocycles. The SMILES string of the molecule is CC1(c2cncn2CC2CC2(C)C)CCNCC1. The van der Waals surface area contributed by atoms with E-state index in [1.165, 1.54) is 25.0 Å². The van der Waals surface area contributed by atoms with Gasteiger partial charge in [-0.1, -0.05) is 20.8 Å². The Labute approximate surface area is 110 Å². The van der Waals surface area contributed by atoms with Crippen molar-refractivity contribution in [2.45, 2.75) is 52.0 Å². The second-order valence-corrected chi connectivity index (χ2v) is 7.13. The smallest absolute Gasteiger partial charge is 0.0948 e. The molecule has 0 bridgehead atoms. The number of nitrogens with one attached hydrogen (secondary N) is 1. The third-order valence-corrected chi connectivity index (χ3v) is 5.17. The molecule has 1 saturated carbocycles. The molecule has 2 heterocycles. The van der Waals surface area contributed by atoms with Crippen LogP contribution < -0.4 is 5.32 Å². The Morgan fingerprint density at radius 1 is 1.33 bits per heavy atom. The van der Waals surface area contributed by atoms with E-state index in [1.807, 2.05) is 6.33 Å². The summed E-state index contributed by atoms with van der Waals surface area (Å²) in [5.74, 6) is 0.843. The summed E-state index contributed by atoms with van der Waals surface area (Å²) < 4.78 is 2.42. The van der Waals surface area contributed by atoms with Gasteiger partial charge in [0, 0.05) is 23.9 Å². The van der Waals surface area contributed by atoms with Gasteiger partial charge in [-0.15, -0.1) is 0 Å². The summed E-state index contributed by atoms with van der Waals surface area (Å²) in [6.07, 6.45) is 7.96. The molecule has 1 aliphatic heterocycles. The van der Waals surface area contributed by atoms with Gasteiger partial charge in [0.1, 0.15) is 0 Å². The predicted octanol–water partition coefficient (Wildman–Crippen LogP) is 2.57. The fourth-order valence-electron chi connectivity index (χ4n) is 3.33. The van der Waals surface area contributed by atoms with Gasteiger partial charge in [-0.2, -0.15) is 0 Å². The molecule has 0 amide bonds. The third kappa shape index (κ3) is 2.09. The number of aromatic nitrogens is 2. The van der Waals surface area contributed by atoms with Crippen LogP contribution in [0.2, 0.25) is 0 Å². The van der Waals surface area contributed by atoms with Gasteiger partial charge in [-0.05, 0) is 43.7 Å². The van der Waals surface area contributed by atoms with Crippen LogP contribution in [-0.2, 0) is 12.0 Å². The van der Waals surface area contributed by atoms with Crippen LogP contribution in [0, 0.1) is 11.3 Å². The first-order valence-electron chi connectivity index (χ1n) is 7.23. The molecule has 18 heavy (non-hydrogen) atoms. The van der Waals surface area contributed by atoms with E-state index >= 15 is 0 Å². The van der Waals surface area contributed by atoms with Crippen molar-refractivity contribution in [1.82, 2.24) is 14.9 Å². The highest BCUT2D eigenvalue weighted by molar-refractivity contribution is 5.16. The minimum absolute atomic E-state index is 0.320. The van der Waals surface area contributed by atoms with Gasteiger partial charge in [0.15, 0.2) is 0 Å². The zero-order valence-corrected chi connectivity index (χ0v) is 11.9. The largest absolute Gasteiger partial charge is 0.334 e. The molecule has 2 aliphatic rings. The summed E-state index contributed by atoms with van der Waals surface area (Å²) in [7, 11) is 0. The van der Waals surface area contributed by atoms with Crippen LogP contribution >= 0.6 is 0 Å². The second-order valence-electron chi connectivity index (χ2n) is 7.13. The van der Waals surface area contributed by atoms with Crippen molar-refractivity contribution in [1.29, 1.82) is 0 Å². The normalized spacial score (nSPS) is 29.2. The van der Waals surface area contributed by atoms with E-state index in [4.69, 9.17) is 0 Å². The Balaban J connectivity index is 1.78. The molecule has 3 rings (SSSR count). The molecule has 0 spiro atoms. The average Bonchev–Trinajstić information content (AvgIpc) is 2.76. The van der Waals surface area contributed by atoms with E-state index in [0.717, 1.165) is 25.6 Å². The van der Waals surface area contributed by atoms with Crippen LogP contribution in [0.4, 0.5) is 0 Å². The first-order valence-corrected chi connectivity index (χ1v) is 7.23. The molecular formula is C15H25N3. The monoisotopic (exact) mass is 247 g/mol. The Morgan fingerprint density at radius 3 is 2.61 bits per heavy atom. The van der Waals surface area contributed by atoms with E-state index in [0.29, 0.717) is 10.8 Å². The van der Waals surface area contributed by atoms with E-state index in [2.05, 4.69) is 41.8 Å². The van der Waals surface area contributed by atoms with E-state index < -0.39 is 0 Å². The lowest BCUT2D eigenvalue weighted by Crippen LogP contribution is -2.39. The molecule has 1 aliphatic carbocycles. The number of hydrogen-bond acceptors (Lipinski definition) is 2. The number of imidazole rings is 1. The standard InChI is InChI=1S/C15H25N3/c1-14(2)8-12(14)10-18-11-17-9-13(18)15(3)4-6-16-7-5-15/h9,11-12,16H,4-8,10H2,1-3H3. The minimum Gasteiger partial charge on any atom is -0.334 e. The first-order chi connectivity index (χ1) is 8.51. The summed E-state index contributed by atoms with van der Waals surface area (Å²) in [6.45, 7) is 10.6. The zero-order valence-electron chi connectivity index (χ0n) is 11.9. The molecule has 0 aromatic carbocycles. The zero-order chi connectivity index (χ0) is 12.8. The van der Waals surface area contributed by atoms with Crippen molar-refractivity contribution in [2.75, 3.05) is 13.1 Å². The summed E-state index contributed by atoms with van der Waals surface area (Å²) in [5.41, 5.74) is 2.32. The Hall–Kier alpha value is -0.830. The molecule has 2 fully saturated rings. The average molecular weight is 247 g/mol. The summed E-state index contributed by atoms with van der Waals surface area (Å²) >= 11 is 0. The third-order valence-electron chi connectivity index (χ3n) is 5.17. The molecule has 1 atom stereocenters. The van der Waals surface area contributed by atoms with Crippen LogP contribution in [0.5, 0.6) is 0 Å². The molecule has 1 unspecified atom stereocenters. The maximum Gasteiger partial charge on any atom is 0.0948 e. The van der Waals surface area contributed by atoms with Crippen molar-refractivity contribution >= 4 is 0 Å². The summed E-state index contributed by atoms with van der Waals surface area (Å²) in [4.78, 5) is 4.41. The van der Waals surface area contributed by atoms with Gasteiger partial charge in [0.2, 0.25) is 0 Å². The Kier molecular flexibility index (Phi) is 2.77. The maximum absolute atomic E-state index is 4.41. The number of hydrogen-bond donors (Lipinski definition) is 1. The van der Waals surface area contributed by atoms with Gasteiger partial charge >= 0.3 is 0 Å². The lowest BCUT2D eigenvalue weighted by atomic mass is 9.78. The Morgan fingerprint density at radius 2 is 2.00 bits per heavy atom. The fourth-order valence-corrected chi connectivity index (χ4v) is 3.33. The highest BCUT2D eigenvalue weighted by Gasteiger charge is 2.46. The van der Waals surface area contributed by atoms with Crippen molar-refractivity contribution < 1.29 is 0 Å². The van der Waals surface area contributed by atoms with Gasteiger partial charge in [0.05, 0.1) is 6.33 Å². The molecule has 3 heteroatoms. The van der Waals surface area contributed by atoms with E-state index in [1.54, 1.807) is 0 Å². The number of piperidine rings is 1. The first kappa shape index (κ1) is 12.2. The summed E-state index contributed by atoms with van der Waals surface area (Å²) in [6, 6.07) is 0. The lowest BCUT2D eigenvalue weighted by molar-refractivity contribution is 0.313. The fraction of sp³-hybridized carbons (Fsp3) is 0.800. The molecular weight excluding hydrogens is 222 g/mol. The summed E-state index contributed by atoms with van der Waals surface area (Å²) in [5, 5.41) is 3.46. The van der Waals surface area contributed by atoms with Crippen molar-refractivity contribution in [2.24, 2.45) is 11.3 Å². The van der Waals surface area contributed by atoms with Crippen LogP contribution in [0.15, 0.2) is 12.5 Å². The van der Waals surface area contributed by atoms with Crippen LogP contribution in [0.1, 0.15) is 45.7 Å². The van der Waals surface area contributed by atoms with Crippen molar-refractivity contribution in [3.8, 4) is 0 Å². The number of nitrogens with zero attached hydrogens (tertiary/aromatic N) is 2. The van der Waals surface area contributed by atoms with Gasteiger partial charge in [-0.3, -0.25) is 0 Å². The molecule has 1 aromatic heterocycles. The van der Waals surface area contributed by atoms with Gasteiger partial charge < -0.3 is 9.88 Å². The molecule has 1 aromatic rings. The molecule has 3 nitrogen and oxygen atoms in total. The molecule has 100 valence electrons. The maximum atomic E-state index is 4.41. The lowest BCUT2D eigenvalue weighted by Gasteiger charge is -2.34. The highest BCUT2D eigenvalue weighted by Crippen LogP contribution is 2.52. The highest BCUT2D eigenvalue weighted by atomic mass is 15.1. The van der Waals surface area contributed by atoms with Crippen LogP contribution in [0.25, 0.3) is 0 Å². The van der Waals surface area contributed by atoms with Crippen molar-refractivity contribution in [3.05, 3.63) is 18.2 Å². The van der Waals surface area contributed by atoms with Gasteiger partial charge in [-0.25, -0.2) is 4.98 Å². The van der Waals surface area contributed by atoms with Crippen molar-refractivity contribution in [3.63, 3.8) is 0 Å². The number of rotatable bonds is 3.